The summed E-state index contributed by atoms with van der Waals surface area (Å²) in [5.74, 6) is 1.21. The van der Waals surface area contributed by atoms with E-state index in [4.69, 9.17) is 15.6 Å². The molecule has 5 N–H and O–H groups in total. The molecule has 45 heavy (non-hydrogen) atoms. The van der Waals surface area contributed by atoms with E-state index in [2.05, 4.69) is 41.3 Å². The van der Waals surface area contributed by atoms with Crippen LogP contribution in [0.25, 0.3) is 0 Å². The highest BCUT2D eigenvalue weighted by Crippen LogP contribution is 2.27. The van der Waals surface area contributed by atoms with Gasteiger partial charge < -0.3 is 26.4 Å². The number of amidine groups is 1. The van der Waals surface area contributed by atoms with Crippen molar-refractivity contribution in [2.75, 3.05) is 34.4 Å². The van der Waals surface area contributed by atoms with Gasteiger partial charge in [0.2, 0.25) is 0 Å². The van der Waals surface area contributed by atoms with Crippen LogP contribution in [0.2, 0.25) is 0 Å². The predicted molar refractivity (Wildman–Crippen MR) is 187 cm³/mol. The van der Waals surface area contributed by atoms with Crippen LogP contribution < -0.4 is 21.3 Å². The Kier molecular flexibility index (Phi) is 14.2. The number of carboxylic acid groups (broad SMARTS) is 1. The van der Waals surface area contributed by atoms with E-state index in [1.807, 2.05) is 60.3 Å². The molecule has 0 aromatic heterocycles. The van der Waals surface area contributed by atoms with E-state index in [1.165, 1.54) is 17.5 Å². The Morgan fingerprint density at radius 1 is 1.02 bits per heavy atom. The Hall–Kier alpha value is -4.57. The van der Waals surface area contributed by atoms with Crippen molar-refractivity contribution < 1.29 is 19.5 Å². The third kappa shape index (κ3) is 11.1. The third-order valence-corrected chi connectivity index (χ3v) is 8.49. The van der Waals surface area contributed by atoms with Crippen LogP contribution in [0.3, 0.4) is 0 Å². The van der Waals surface area contributed by atoms with Crippen molar-refractivity contribution in [2.24, 2.45) is 10.7 Å². The van der Waals surface area contributed by atoms with Gasteiger partial charge in [0.15, 0.2) is 0 Å². The average Bonchev–Trinajstić information content (AvgIpc) is 3.04. The number of amides is 2. The number of benzene rings is 3. The Morgan fingerprint density at radius 3 is 2.49 bits per heavy atom. The van der Waals surface area contributed by atoms with Gasteiger partial charge in [-0.05, 0) is 111 Å². The number of carbonyl (C=O) groups is 3. The first-order valence-electron chi connectivity index (χ1n) is 15.1. The lowest BCUT2D eigenvalue weighted by molar-refractivity contribution is -0.122. The van der Waals surface area contributed by atoms with E-state index < -0.39 is 5.91 Å². The fourth-order valence-corrected chi connectivity index (χ4v) is 5.62. The van der Waals surface area contributed by atoms with Gasteiger partial charge in [-0.2, -0.15) is 16.8 Å². The molecule has 1 aliphatic heterocycles. The topological polar surface area (TPSA) is 137 Å². The molecule has 3 aromatic carbocycles. The summed E-state index contributed by atoms with van der Waals surface area (Å²) in [6, 6.07) is 19.2. The molecule has 1 aliphatic rings. The third-order valence-electron chi connectivity index (χ3n) is 7.25. The maximum absolute atomic E-state index is 13.5. The fraction of sp³-hybridized carbons (Fsp3) is 0.314. The summed E-state index contributed by atoms with van der Waals surface area (Å²) in [4.78, 5) is 41.5. The van der Waals surface area contributed by atoms with Crippen molar-refractivity contribution >= 4 is 52.9 Å². The second kappa shape index (κ2) is 18.3. The number of hydrogen-bond donors (Lipinski definition) is 4. The number of nitrogens with one attached hydrogen (secondary N) is 2. The molecule has 1 heterocycles. The molecule has 2 amide bonds. The zero-order valence-electron chi connectivity index (χ0n) is 26.2. The van der Waals surface area contributed by atoms with Gasteiger partial charge in [-0.25, -0.2) is 0 Å². The summed E-state index contributed by atoms with van der Waals surface area (Å²) in [5.41, 5.74) is 12.7. The number of thioether (sulfide) groups is 1. The Labute approximate surface area is 270 Å². The summed E-state index contributed by atoms with van der Waals surface area (Å²) < 4.78 is 0. The molecule has 0 radical (unpaired) electrons. The maximum Gasteiger partial charge on any atom is 0.290 e. The number of anilines is 3. The quantitative estimate of drug-likeness (QED) is 0.0769. The molecule has 0 saturated carbocycles. The monoisotopic (exact) mass is 629 g/mol. The van der Waals surface area contributed by atoms with E-state index in [0.717, 1.165) is 60.8 Å². The number of aliphatic imine (C=N–C) groups is 1. The zero-order valence-corrected chi connectivity index (χ0v) is 27.0. The first-order valence-corrected chi connectivity index (χ1v) is 16.2. The smallest absolute Gasteiger partial charge is 0.290 e. The van der Waals surface area contributed by atoms with E-state index in [-0.39, 0.29) is 18.2 Å². The van der Waals surface area contributed by atoms with Crippen LogP contribution in [0, 0.1) is 13.8 Å². The second-order valence-corrected chi connectivity index (χ2v) is 11.8. The molecule has 0 atom stereocenters. The molecule has 1 saturated heterocycles. The van der Waals surface area contributed by atoms with Crippen molar-refractivity contribution in [1.82, 2.24) is 0 Å². The minimum Gasteiger partial charge on any atom is -0.483 e. The number of nitrogens with zero attached hydrogens (tertiary/aromatic N) is 2. The molecule has 9 nitrogen and oxygen atoms in total. The summed E-state index contributed by atoms with van der Waals surface area (Å²) >= 11 is 1.85. The van der Waals surface area contributed by atoms with Crippen LogP contribution in [0.1, 0.15) is 70.0 Å². The van der Waals surface area contributed by atoms with Crippen LogP contribution in [-0.2, 0) is 10.5 Å². The summed E-state index contributed by atoms with van der Waals surface area (Å²) in [6.07, 6.45) is 7.75. The molecule has 3 aromatic rings. The summed E-state index contributed by atoms with van der Waals surface area (Å²) in [7, 11) is 0. The van der Waals surface area contributed by atoms with Crippen LogP contribution in [0.15, 0.2) is 77.9 Å². The van der Waals surface area contributed by atoms with Crippen molar-refractivity contribution in [1.29, 1.82) is 0 Å². The lowest BCUT2D eigenvalue weighted by atomic mass is 10.1. The molecule has 1 fully saturated rings. The van der Waals surface area contributed by atoms with Crippen LogP contribution in [0.4, 0.5) is 17.1 Å². The molecule has 0 unspecified atom stereocenters. The lowest BCUT2D eigenvalue weighted by Gasteiger charge is -2.29. The standard InChI is InChI=1S/C34H41N5O2S.CH2O2/c1-4-19-42-23-26-9-8-10-27(21-26)33(40)37-31-14-13-29(39-17-6-5-7-18-39)22-30(31)34(41)38-32(35)15-16-36-28-12-11-24(2)25(3)20-28;2-1-3/h8-16,20-22,36H,4-7,17-19,23H2,1-3H3,(H,37,40)(H2,35,38,41);1H,(H,2,3)/b16-15-;. The van der Waals surface area contributed by atoms with Crippen molar-refractivity contribution in [3.05, 3.63) is 101 Å². The number of aryl methyl sites for hydroxylation is 2. The molecule has 4 rings (SSSR count). The van der Waals surface area contributed by atoms with Gasteiger partial charge in [0.25, 0.3) is 18.3 Å². The molecule has 238 valence electrons. The van der Waals surface area contributed by atoms with E-state index in [9.17, 15) is 9.59 Å². The lowest BCUT2D eigenvalue weighted by Crippen LogP contribution is -2.29. The van der Waals surface area contributed by atoms with Gasteiger partial charge in [-0.3, -0.25) is 14.4 Å². The van der Waals surface area contributed by atoms with Crippen LogP contribution >= 0.6 is 11.8 Å². The predicted octanol–water partition coefficient (Wildman–Crippen LogP) is 7.01. The number of nitrogens with two attached hydrogens (primary N) is 1. The Bertz CT molecular complexity index is 1520. The first kappa shape index (κ1) is 34.9. The Morgan fingerprint density at radius 2 is 1.78 bits per heavy atom. The van der Waals surface area contributed by atoms with E-state index >= 15 is 0 Å². The van der Waals surface area contributed by atoms with Crippen molar-refractivity contribution in [2.45, 2.75) is 52.2 Å². The van der Waals surface area contributed by atoms with Gasteiger partial charge in [-0.1, -0.05) is 25.1 Å². The number of carbonyl (C=O) groups excluding carboxylic acids is 2. The summed E-state index contributed by atoms with van der Waals surface area (Å²) in [5, 5.41) is 13.0. The van der Waals surface area contributed by atoms with E-state index in [1.54, 1.807) is 24.4 Å². The molecular formula is C35H43N5O4S. The van der Waals surface area contributed by atoms with E-state index in [0.29, 0.717) is 16.8 Å². The highest BCUT2D eigenvalue weighted by Gasteiger charge is 2.19. The number of piperidine rings is 1. The minimum atomic E-state index is -0.512. The molecular weight excluding hydrogens is 586 g/mol. The number of hydrogen-bond acceptors (Lipinski definition) is 6. The molecule has 0 spiro atoms. The van der Waals surface area contributed by atoms with Crippen molar-refractivity contribution in [3.63, 3.8) is 0 Å². The molecule has 0 bridgehead atoms. The largest absolute Gasteiger partial charge is 0.483 e. The van der Waals surface area contributed by atoms with Crippen molar-refractivity contribution in [3.8, 4) is 0 Å². The minimum absolute atomic E-state index is 0.0641. The average molecular weight is 630 g/mol. The van der Waals surface area contributed by atoms with Gasteiger partial charge in [0.1, 0.15) is 5.84 Å². The maximum atomic E-state index is 13.5. The fourth-order valence-electron chi connectivity index (χ4n) is 4.77. The molecule has 0 aliphatic carbocycles. The summed E-state index contributed by atoms with van der Waals surface area (Å²) in [6.45, 7) is 7.88. The highest BCUT2D eigenvalue weighted by atomic mass is 32.2. The number of rotatable bonds is 11. The SMILES string of the molecule is CCCSCc1cccc(C(=O)Nc2ccc(N3CCCCC3)cc2C(=O)N=C(N)/C=C\Nc2ccc(C)c(C)c2)c1.O=CO. The Balaban J connectivity index is 0.00000177. The second-order valence-electron chi connectivity index (χ2n) is 10.7. The van der Waals surface area contributed by atoms with Gasteiger partial charge >= 0.3 is 0 Å². The highest BCUT2D eigenvalue weighted by molar-refractivity contribution is 7.98. The van der Waals surface area contributed by atoms with Gasteiger partial charge in [0.05, 0.1) is 11.3 Å². The van der Waals surface area contributed by atoms with Gasteiger partial charge in [-0.15, -0.1) is 0 Å². The normalized spacial score (nSPS) is 13.1. The van der Waals surface area contributed by atoms with Crippen LogP contribution in [0.5, 0.6) is 0 Å². The molecule has 10 heteroatoms. The first-order chi connectivity index (χ1) is 21.7. The van der Waals surface area contributed by atoms with Crippen LogP contribution in [-0.4, -0.2) is 48.1 Å². The zero-order chi connectivity index (χ0) is 32.6. The van der Waals surface area contributed by atoms with Gasteiger partial charge in [0, 0.05) is 42.0 Å².